The van der Waals surface area contributed by atoms with Crippen LogP contribution in [0.4, 0.5) is 5.00 Å². The van der Waals surface area contributed by atoms with Crippen molar-refractivity contribution in [3.63, 3.8) is 0 Å². The third-order valence-corrected chi connectivity index (χ3v) is 6.75. The molecule has 0 bridgehead atoms. The Kier molecular flexibility index (Phi) is 8.55. The van der Waals surface area contributed by atoms with Crippen LogP contribution in [-0.4, -0.2) is 44.7 Å². The molecule has 9 heteroatoms. The molecule has 2 aromatic carbocycles. The molecule has 7 nitrogen and oxygen atoms in total. The van der Waals surface area contributed by atoms with E-state index < -0.39 is 5.97 Å². The zero-order chi connectivity index (χ0) is 23.4. The predicted octanol–water partition coefficient (Wildman–Crippen LogP) is 4.78. The van der Waals surface area contributed by atoms with Crippen molar-refractivity contribution in [3.05, 3.63) is 75.7 Å². The van der Waals surface area contributed by atoms with Crippen molar-refractivity contribution in [2.75, 3.05) is 33.2 Å². The molecule has 34 heavy (non-hydrogen) atoms. The topological polar surface area (TPSA) is 77.1 Å². The fraction of sp³-hybridized carbons (Fsp3) is 0.280. The first-order chi connectivity index (χ1) is 16.0. The quantitative estimate of drug-likeness (QED) is 0.468. The summed E-state index contributed by atoms with van der Waals surface area (Å²) in [5, 5.41) is 3.42. The number of amides is 1. The molecule has 180 valence electrons. The van der Waals surface area contributed by atoms with Crippen molar-refractivity contribution < 1.29 is 23.8 Å². The van der Waals surface area contributed by atoms with E-state index in [1.54, 1.807) is 18.2 Å². The van der Waals surface area contributed by atoms with Crippen LogP contribution >= 0.6 is 23.7 Å². The van der Waals surface area contributed by atoms with Gasteiger partial charge in [-0.05, 0) is 29.7 Å². The van der Waals surface area contributed by atoms with E-state index in [9.17, 15) is 9.59 Å². The lowest BCUT2D eigenvalue weighted by Gasteiger charge is -2.27. The molecule has 0 fully saturated rings. The van der Waals surface area contributed by atoms with Gasteiger partial charge < -0.3 is 19.5 Å². The Morgan fingerprint density at radius 3 is 2.32 bits per heavy atom. The number of anilines is 1. The average Bonchev–Trinajstić information content (AvgIpc) is 3.20. The van der Waals surface area contributed by atoms with E-state index in [4.69, 9.17) is 14.2 Å². The molecule has 0 spiro atoms. The Morgan fingerprint density at radius 1 is 1.03 bits per heavy atom. The summed E-state index contributed by atoms with van der Waals surface area (Å²) in [5.74, 6) is 0.226. The smallest absolute Gasteiger partial charge is 0.341 e. The van der Waals surface area contributed by atoms with Gasteiger partial charge >= 0.3 is 5.97 Å². The molecule has 0 atom stereocenters. The van der Waals surface area contributed by atoms with Crippen LogP contribution < -0.4 is 14.8 Å². The average molecular weight is 503 g/mol. The van der Waals surface area contributed by atoms with Gasteiger partial charge in [-0.25, -0.2) is 4.79 Å². The fourth-order valence-corrected chi connectivity index (χ4v) is 5.23. The molecule has 1 aromatic heterocycles. The number of carbonyl (C=O) groups excluding carboxylic acids is 2. The maximum absolute atomic E-state index is 13.1. The molecule has 0 aliphatic carbocycles. The van der Waals surface area contributed by atoms with E-state index in [2.05, 4.69) is 22.3 Å². The normalized spacial score (nSPS) is 12.8. The monoisotopic (exact) mass is 502 g/mol. The number of ether oxygens (including phenoxy) is 3. The zero-order valence-electron chi connectivity index (χ0n) is 19.3. The molecule has 3 aromatic rings. The van der Waals surface area contributed by atoms with Crippen molar-refractivity contribution in [1.82, 2.24) is 4.90 Å². The lowest BCUT2D eigenvalue weighted by Crippen LogP contribution is -2.29. The van der Waals surface area contributed by atoms with Crippen LogP contribution in [0.1, 0.15) is 36.7 Å². The van der Waals surface area contributed by atoms with E-state index >= 15 is 0 Å². The first kappa shape index (κ1) is 25.6. The SMILES string of the molecule is COC(=O)c1c(NC(=O)c2cc(OC)cc(OC)c2)sc2c1CCN(Cc1ccccc1)C2.Cl. The Balaban J connectivity index is 0.00000324. The first-order valence-electron chi connectivity index (χ1n) is 10.6. The molecule has 2 heterocycles. The van der Waals surface area contributed by atoms with Crippen molar-refractivity contribution >= 4 is 40.6 Å². The van der Waals surface area contributed by atoms with E-state index in [0.717, 1.165) is 23.5 Å². The number of thiophene rings is 1. The Bertz CT molecular complexity index is 1140. The second-order valence-electron chi connectivity index (χ2n) is 7.70. The van der Waals surface area contributed by atoms with Gasteiger partial charge in [-0.3, -0.25) is 9.69 Å². The second kappa shape index (κ2) is 11.4. The predicted molar refractivity (Wildman–Crippen MR) is 135 cm³/mol. The highest BCUT2D eigenvalue weighted by atomic mass is 35.5. The van der Waals surface area contributed by atoms with Crippen LogP contribution in [0.3, 0.4) is 0 Å². The Hall–Kier alpha value is -3.07. The number of methoxy groups -OCH3 is 3. The van der Waals surface area contributed by atoms with Crippen LogP contribution in [0.5, 0.6) is 11.5 Å². The maximum Gasteiger partial charge on any atom is 0.341 e. The van der Waals surface area contributed by atoms with Gasteiger partial charge in [0, 0.05) is 36.1 Å². The van der Waals surface area contributed by atoms with Crippen LogP contribution in [0.15, 0.2) is 48.5 Å². The van der Waals surface area contributed by atoms with Crippen LogP contribution in [0.25, 0.3) is 0 Å². The summed E-state index contributed by atoms with van der Waals surface area (Å²) in [6, 6.07) is 15.2. The summed E-state index contributed by atoms with van der Waals surface area (Å²) in [6.07, 6.45) is 0.714. The molecule has 1 amide bonds. The molecular weight excluding hydrogens is 476 g/mol. The summed E-state index contributed by atoms with van der Waals surface area (Å²) in [6.45, 7) is 2.36. The molecule has 0 unspecified atom stereocenters. The highest BCUT2D eigenvalue weighted by molar-refractivity contribution is 7.17. The van der Waals surface area contributed by atoms with Gasteiger partial charge in [0.2, 0.25) is 0 Å². The number of nitrogens with zero attached hydrogens (tertiary/aromatic N) is 1. The van der Waals surface area contributed by atoms with Gasteiger partial charge in [0.15, 0.2) is 0 Å². The largest absolute Gasteiger partial charge is 0.497 e. The van der Waals surface area contributed by atoms with Crippen molar-refractivity contribution in [1.29, 1.82) is 0 Å². The van der Waals surface area contributed by atoms with Gasteiger partial charge in [0.1, 0.15) is 16.5 Å². The Morgan fingerprint density at radius 2 is 1.71 bits per heavy atom. The molecule has 1 aliphatic heterocycles. The molecular formula is C25H27ClN2O5S. The minimum absolute atomic E-state index is 0. The van der Waals surface area contributed by atoms with Gasteiger partial charge in [0.25, 0.3) is 5.91 Å². The standard InChI is InChI=1S/C25H26N2O5S.ClH/c1-30-18-11-17(12-19(13-18)31-2)23(28)26-24-22(25(29)32-3)20-9-10-27(15-21(20)33-24)14-16-7-5-4-6-8-16;/h4-8,11-13H,9-10,14-15H2,1-3H3,(H,26,28);1H. The van der Waals surface area contributed by atoms with Crippen molar-refractivity contribution in [2.24, 2.45) is 0 Å². The summed E-state index contributed by atoms with van der Waals surface area (Å²) >= 11 is 1.43. The second-order valence-corrected chi connectivity index (χ2v) is 8.81. The number of hydrogen-bond donors (Lipinski definition) is 1. The molecule has 0 radical (unpaired) electrons. The molecule has 1 aliphatic rings. The summed E-state index contributed by atoms with van der Waals surface area (Å²) in [5.41, 5.74) is 3.01. The van der Waals surface area contributed by atoms with E-state index in [0.29, 0.717) is 40.6 Å². The van der Waals surface area contributed by atoms with Crippen LogP contribution in [0, 0.1) is 0 Å². The first-order valence-corrected chi connectivity index (χ1v) is 11.4. The lowest BCUT2D eigenvalue weighted by atomic mass is 10.0. The summed E-state index contributed by atoms with van der Waals surface area (Å²) < 4.78 is 15.6. The van der Waals surface area contributed by atoms with Crippen LogP contribution in [0.2, 0.25) is 0 Å². The third-order valence-electron chi connectivity index (χ3n) is 5.62. The van der Waals surface area contributed by atoms with E-state index in [1.807, 2.05) is 18.2 Å². The molecule has 1 N–H and O–H groups in total. The summed E-state index contributed by atoms with van der Waals surface area (Å²) in [4.78, 5) is 29.1. The lowest BCUT2D eigenvalue weighted by molar-refractivity contribution is 0.0600. The van der Waals surface area contributed by atoms with Gasteiger partial charge in [0.05, 0.1) is 26.9 Å². The number of nitrogens with one attached hydrogen (secondary N) is 1. The number of fused-ring (bicyclic) bond motifs is 1. The van der Waals surface area contributed by atoms with E-state index in [-0.39, 0.29) is 18.3 Å². The third kappa shape index (κ3) is 5.52. The number of benzene rings is 2. The minimum Gasteiger partial charge on any atom is -0.497 e. The van der Waals surface area contributed by atoms with Crippen LogP contribution in [-0.2, 0) is 24.2 Å². The molecule has 4 rings (SSSR count). The van der Waals surface area contributed by atoms with Crippen molar-refractivity contribution in [2.45, 2.75) is 19.5 Å². The number of carbonyl (C=O) groups is 2. The molecule has 0 saturated carbocycles. The zero-order valence-corrected chi connectivity index (χ0v) is 20.9. The summed E-state index contributed by atoms with van der Waals surface area (Å²) in [7, 11) is 4.41. The van der Waals surface area contributed by atoms with Gasteiger partial charge in [-0.1, -0.05) is 30.3 Å². The maximum atomic E-state index is 13.1. The highest BCUT2D eigenvalue weighted by Crippen LogP contribution is 2.38. The number of hydrogen-bond acceptors (Lipinski definition) is 7. The Labute approximate surface area is 209 Å². The number of halogens is 1. The minimum atomic E-state index is -0.442. The van der Waals surface area contributed by atoms with Gasteiger partial charge in [-0.15, -0.1) is 23.7 Å². The molecule has 0 saturated heterocycles. The van der Waals surface area contributed by atoms with E-state index in [1.165, 1.54) is 38.2 Å². The van der Waals surface area contributed by atoms with Gasteiger partial charge in [-0.2, -0.15) is 0 Å². The number of esters is 1. The fourth-order valence-electron chi connectivity index (χ4n) is 3.95. The van der Waals surface area contributed by atoms with Crippen molar-refractivity contribution in [3.8, 4) is 11.5 Å². The highest BCUT2D eigenvalue weighted by Gasteiger charge is 2.29. The number of rotatable bonds is 7.